The first-order valence-electron chi connectivity index (χ1n) is 9.32. The maximum absolute atomic E-state index is 13.1. The molecule has 2 aliphatic rings. The fourth-order valence-corrected chi connectivity index (χ4v) is 6.59. The van der Waals surface area contributed by atoms with Crippen LogP contribution in [0.5, 0.6) is 0 Å². The zero-order valence-electron chi connectivity index (χ0n) is 16.4. The normalized spacial score (nSPS) is 23.5. The van der Waals surface area contributed by atoms with Crippen molar-refractivity contribution >= 4 is 32.5 Å². The number of aromatic nitrogens is 2. The Kier molecular flexibility index (Phi) is 4.98. The van der Waals surface area contributed by atoms with Gasteiger partial charge in [-0.1, -0.05) is 0 Å². The largest absolute Gasteiger partial charge is 0.315 e. The van der Waals surface area contributed by atoms with Crippen molar-refractivity contribution in [3.63, 3.8) is 0 Å². The van der Waals surface area contributed by atoms with Crippen molar-refractivity contribution in [1.29, 1.82) is 5.26 Å². The number of hydrogen-bond donors (Lipinski definition) is 2. The van der Waals surface area contributed by atoms with E-state index in [2.05, 4.69) is 21.2 Å². The van der Waals surface area contributed by atoms with Crippen molar-refractivity contribution in [2.75, 3.05) is 12.4 Å². The molecule has 2 atom stereocenters. The van der Waals surface area contributed by atoms with E-state index in [9.17, 15) is 18.5 Å². The lowest BCUT2D eigenvalue weighted by Crippen LogP contribution is -2.56. The molecule has 0 saturated carbocycles. The summed E-state index contributed by atoms with van der Waals surface area (Å²) in [5, 5.41) is 17.1. The van der Waals surface area contributed by atoms with Gasteiger partial charge in [0.1, 0.15) is 17.1 Å². The van der Waals surface area contributed by atoms with Gasteiger partial charge in [-0.15, -0.1) is 11.3 Å². The molecule has 0 unspecified atom stereocenters. The van der Waals surface area contributed by atoms with Gasteiger partial charge in [0.05, 0.1) is 17.3 Å². The molecule has 1 amide bonds. The van der Waals surface area contributed by atoms with E-state index >= 15 is 0 Å². The molecule has 0 spiro atoms. The van der Waals surface area contributed by atoms with Crippen LogP contribution < -0.4 is 10.0 Å². The first-order chi connectivity index (χ1) is 13.7. The van der Waals surface area contributed by atoms with Gasteiger partial charge in [0.25, 0.3) is 10.2 Å². The van der Waals surface area contributed by atoms with E-state index in [4.69, 9.17) is 0 Å². The summed E-state index contributed by atoms with van der Waals surface area (Å²) in [6.45, 7) is 1.81. The Labute approximate surface area is 173 Å². The maximum Gasteiger partial charge on any atom is 0.280 e. The minimum atomic E-state index is -3.84. The number of fused-ring (bicyclic) bond motifs is 1. The Balaban J connectivity index is 1.62. The number of likely N-dealkylation sites (N-methyl/N-ethyl adjacent to an activating group) is 1. The summed E-state index contributed by atoms with van der Waals surface area (Å²) >= 11 is 1.42. The predicted octanol–water partition coefficient (Wildman–Crippen LogP) is 1.37. The van der Waals surface area contributed by atoms with Crippen molar-refractivity contribution in [1.82, 2.24) is 18.8 Å². The summed E-state index contributed by atoms with van der Waals surface area (Å²) in [5.74, 6) is -0.430. The van der Waals surface area contributed by atoms with Gasteiger partial charge in [-0.05, 0) is 38.2 Å². The van der Waals surface area contributed by atoms with Crippen molar-refractivity contribution in [3.8, 4) is 6.07 Å². The third-order valence-electron chi connectivity index (χ3n) is 5.57. The fraction of sp³-hybridized carbons (Fsp3) is 0.500. The van der Waals surface area contributed by atoms with Gasteiger partial charge >= 0.3 is 0 Å². The van der Waals surface area contributed by atoms with Crippen LogP contribution in [0.3, 0.4) is 0 Å². The first-order valence-corrected chi connectivity index (χ1v) is 11.6. The number of carbonyl (C=O) groups is 1. The van der Waals surface area contributed by atoms with Crippen LogP contribution in [0.2, 0.25) is 0 Å². The minimum absolute atomic E-state index is 0.265. The average molecular weight is 435 g/mol. The molecule has 2 N–H and O–H groups in total. The van der Waals surface area contributed by atoms with E-state index in [1.807, 2.05) is 6.92 Å². The molecule has 4 rings (SSSR count). The molecule has 29 heavy (non-hydrogen) atoms. The van der Waals surface area contributed by atoms with Gasteiger partial charge in [0, 0.05) is 30.7 Å². The van der Waals surface area contributed by atoms with E-state index in [-0.39, 0.29) is 6.42 Å². The molecular formula is C18H22N6O3S2. The Hall–Kier alpha value is -2.26. The van der Waals surface area contributed by atoms with Gasteiger partial charge in [0.15, 0.2) is 0 Å². The summed E-state index contributed by atoms with van der Waals surface area (Å²) < 4.78 is 30.6. The summed E-state index contributed by atoms with van der Waals surface area (Å²) in [6, 6.07) is 0.751. The Morgan fingerprint density at radius 2 is 2.17 bits per heavy atom. The first kappa shape index (κ1) is 20.0. The van der Waals surface area contributed by atoms with Crippen LogP contribution in [0.15, 0.2) is 6.20 Å². The lowest BCUT2D eigenvalue weighted by Gasteiger charge is -2.35. The standard InChI is InChI=1S/C18H22N6O3S2/c1-10-13(9-23(2)21-10)14-7-15(24(3)29(26,27)22-14)17(25)20-18-12(8-19)11-5-4-6-16(11)28-18/h9,14-15,22H,4-7H2,1-3H3,(H,20,25)/t14-,15+/m0/s1. The molecule has 2 aromatic rings. The molecule has 11 heteroatoms. The second kappa shape index (κ2) is 7.21. The van der Waals surface area contributed by atoms with E-state index < -0.39 is 28.2 Å². The topological polar surface area (TPSA) is 120 Å². The number of anilines is 1. The minimum Gasteiger partial charge on any atom is -0.315 e. The van der Waals surface area contributed by atoms with Crippen molar-refractivity contribution in [2.24, 2.45) is 7.05 Å². The van der Waals surface area contributed by atoms with Crippen LogP contribution in [-0.4, -0.2) is 41.5 Å². The smallest absolute Gasteiger partial charge is 0.280 e. The van der Waals surface area contributed by atoms with E-state index in [0.29, 0.717) is 16.3 Å². The van der Waals surface area contributed by atoms with Crippen molar-refractivity contribution in [3.05, 3.63) is 33.5 Å². The molecular weight excluding hydrogens is 412 g/mol. The number of aryl methyl sites for hydroxylation is 3. The third kappa shape index (κ3) is 3.46. The van der Waals surface area contributed by atoms with E-state index in [1.165, 1.54) is 18.4 Å². The number of thiophene rings is 1. The number of rotatable bonds is 3. The SMILES string of the molecule is Cc1nn(C)cc1[C@@H]1C[C@H](C(=O)Nc2sc3c(c2C#N)CCC3)N(C)S(=O)(=O)N1. The quantitative estimate of drug-likeness (QED) is 0.756. The van der Waals surface area contributed by atoms with Gasteiger partial charge < -0.3 is 5.32 Å². The van der Waals surface area contributed by atoms with Crippen LogP contribution in [0, 0.1) is 18.3 Å². The highest BCUT2D eigenvalue weighted by Crippen LogP contribution is 2.39. The Morgan fingerprint density at radius 3 is 2.83 bits per heavy atom. The van der Waals surface area contributed by atoms with Gasteiger partial charge in [-0.25, -0.2) is 0 Å². The number of carbonyl (C=O) groups excluding carboxylic acids is 1. The van der Waals surface area contributed by atoms with Gasteiger partial charge in [-0.2, -0.15) is 27.8 Å². The number of nitrogens with zero attached hydrogens (tertiary/aromatic N) is 4. The lowest BCUT2D eigenvalue weighted by atomic mass is 10.00. The molecule has 154 valence electrons. The second-order valence-corrected chi connectivity index (χ2v) is 10.3. The molecule has 0 bridgehead atoms. The van der Waals surface area contributed by atoms with Crippen LogP contribution in [-0.2, 0) is 34.9 Å². The van der Waals surface area contributed by atoms with Gasteiger partial charge in [-0.3, -0.25) is 9.48 Å². The van der Waals surface area contributed by atoms with Crippen LogP contribution in [0.25, 0.3) is 0 Å². The highest BCUT2D eigenvalue weighted by molar-refractivity contribution is 7.87. The maximum atomic E-state index is 13.1. The van der Waals surface area contributed by atoms with E-state index in [1.54, 1.807) is 17.9 Å². The molecule has 9 nitrogen and oxygen atoms in total. The zero-order valence-corrected chi connectivity index (χ0v) is 18.0. The molecule has 1 fully saturated rings. The van der Waals surface area contributed by atoms with Crippen molar-refractivity contribution < 1.29 is 13.2 Å². The molecule has 2 aromatic heterocycles. The average Bonchev–Trinajstić information content (AvgIpc) is 3.31. The summed E-state index contributed by atoms with van der Waals surface area (Å²) in [7, 11) is -0.686. The number of hydrogen-bond acceptors (Lipinski definition) is 6. The Bertz CT molecular complexity index is 1130. The predicted molar refractivity (Wildman–Crippen MR) is 109 cm³/mol. The summed E-state index contributed by atoms with van der Waals surface area (Å²) in [6.07, 6.45) is 4.80. The number of nitriles is 1. The Morgan fingerprint density at radius 1 is 1.41 bits per heavy atom. The lowest BCUT2D eigenvalue weighted by molar-refractivity contribution is -0.120. The monoisotopic (exact) mass is 434 g/mol. The molecule has 0 aromatic carbocycles. The second-order valence-electron chi connectivity index (χ2n) is 7.45. The van der Waals surface area contributed by atoms with Crippen LogP contribution >= 0.6 is 11.3 Å². The summed E-state index contributed by atoms with van der Waals surface area (Å²) in [4.78, 5) is 14.2. The van der Waals surface area contributed by atoms with Crippen LogP contribution in [0.4, 0.5) is 5.00 Å². The highest BCUT2D eigenvalue weighted by atomic mass is 32.2. The third-order valence-corrected chi connectivity index (χ3v) is 8.37. The van der Waals surface area contributed by atoms with Gasteiger partial charge in [0.2, 0.25) is 5.91 Å². The van der Waals surface area contributed by atoms with Crippen molar-refractivity contribution in [2.45, 2.75) is 44.7 Å². The van der Waals surface area contributed by atoms with Crippen LogP contribution in [0.1, 0.15) is 46.1 Å². The number of amides is 1. The molecule has 0 radical (unpaired) electrons. The molecule has 1 aliphatic carbocycles. The highest BCUT2D eigenvalue weighted by Gasteiger charge is 2.42. The van der Waals surface area contributed by atoms with E-state index in [0.717, 1.165) is 39.6 Å². The zero-order chi connectivity index (χ0) is 20.9. The fourth-order valence-electron chi connectivity index (χ4n) is 4.08. The number of nitrogens with one attached hydrogen (secondary N) is 2. The molecule has 1 saturated heterocycles. The molecule has 1 aliphatic heterocycles. The molecule has 3 heterocycles. The summed E-state index contributed by atoms with van der Waals surface area (Å²) in [5.41, 5.74) is 2.98.